The summed E-state index contributed by atoms with van der Waals surface area (Å²) in [4.78, 5) is 0. The van der Waals surface area contributed by atoms with E-state index in [9.17, 15) is 4.39 Å². The van der Waals surface area contributed by atoms with Crippen LogP contribution in [0.4, 0.5) is 4.39 Å². The number of hydrogen-bond donors (Lipinski definition) is 0. The zero-order valence-electron chi connectivity index (χ0n) is 14.1. The van der Waals surface area contributed by atoms with Crippen molar-refractivity contribution < 1.29 is 4.39 Å². The lowest BCUT2D eigenvalue weighted by molar-refractivity contribution is 0.305. The molecule has 0 amide bonds. The first kappa shape index (κ1) is 17.2. The van der Waals surface area contributed by atoms with E-state index in [-0.39, 0.29) is 6.67 Å². The molecule has 0 bridgehead atoms. The van der Waals surface area contributed by atoms with Crippen molar-refractivity contribution in [1.82, 2.24) is 0 Å². The molecular formula is C21H31F. The first-order chi connectivity index (χ1) is 10.8. The van der Waals surface area contributed by atoms with Crippen LogP contribution < -0.4 is 0 Å². The van der Waals surface area contributed by atoms with E-state index >= 15 is 0 Å². The number of aryl methyl sites for hydroxylation is 1. The number of unbranched alkanes of at least 4 members (excludes halogenated alkanes) is 1. The third-order valence-electron chi connectivity index (χ3n) is 5.13. The summed E-state index contributed by atoms with van der Waals surface area (Å²) in [7, 11) is 0. The Morgan fingerprint density at radius 3 is 2.32 bits per heavy atom. The molecule has 0 nitrogen and oxygen atoms in total. The van der Waals surface area contributed by atoms with E-state index in [2.05, 4.69) is 37.3 Å². The number of alkyl halides is 1. The second-order valence-corrected chi connectivity index (χ2v) is 6.69. The lowest BCUT2D eigenvalue weighted by atomic mass is 9.77. The quantitative estimate of drug-likeness (QED) is 0.374. The van der Waals surface area contributed by atoms with Crippen LogP contribution in [0, 0.1) is 5.92 Å². The summed E-state index contributed by atoms with van der Waals surface area (Å²) in [5.41, 5.74) is 2.99. The molecule has 0 unspecified atom stereocenters. The van der Waals surface area contributed by atoms with Crippen LogP contribution in [0.3, 0.4) is 0 Å². The Kier molecular flexibility index (Phi) is 7.70. The maximum absolute atomic E-state index is 12.0. The van der Waals surface area contributed by atoms with E-state index in [4.69, 9.17) is 0 Å². The zero-order valence-corrected chi connectivity index (χ0v) is 14.1. The van der Waals surface area contributed by atoms with E-state index < -0.39 is 0 Å². The van der Waals surface area contributed by atoms with E-state index in [0.717, 1.165) is 24.7 Å². The summed E-state index contributed by atoms with van der Waals surface area (Å²) in [5.74, 6) is 1.70. The Morgan fingerprint density at radius 1 is 1.00 bits per heavy atom. The Labute approximate surface area is 135 Å². The zero-order chi connectivity index (χ0) is 15.6. The van der Waals surface area contributed by atoms with Crippen LogP contribution in [0.15, 0.2) is 36.4 Å². The molecule has 0 saturated heterocycles. The molecule has 1 saturated carbocycles. The largest absolute Gasteiger partial charge is 0.251 e. The molecule has 0 atom stereocenters. The fraction of sp³-hybridized carbons (Fsp3) is 0.619. The molecule has 0 N–H and O–H groups in total. The Balaban J connectivity index is 1.66. The highest BCUT2D eigenvalue weighted by Crippen LogP contribution is 2.37. The third-order valence-corrected chi connectivity index (χ3v) is 5.13. The van der Waals surface area contributed by atoms with Gasteiger partial charge >= 0.3 is 0 Å². The topological polar surface area (TPSA) is 0 Å². The number of allylic oxidation sites excluding steroid dienone is 2. The summed E-state index contributed by atoms with van der Waals surface area (Å²) in [5, 5.41) is 0. The minimum Gasteiger partial charge on any atom is -0.251 e. The van der Waals surface area contributed by atoms with Crippen molar-refractivity contribution >= 4 is 0 Å². The molecule has 0 heterocycles. The van der Waals surface area contributed by atoms with Crippen LogP contribution in [0.25, 0.3) is 0 Å². The van der Waals surface area contributed by atoms with Gasteiger partial charge in [0.05, 0.1) is 6.67 Å². The lowest BCUT2D eigenvalue weighted by Gasteiger charge is -2.29. The van der Waals surface area contributed by atoms with Crippen molar-refractivity contribution in [3.8, 4) is 0 Å². The van der Waals surface area contributed by atoms with Gasteiger partial charge in [-0.2, -0.15) is 0 Å². The Morgan fingerprint density at radius 2 is 1.68 bits per heavy atom. The fourth-order valence-electron chi connectivity index (χ4n) is 3.63. The van der Waals surface area contributed by atoms with Gasteiger partial charge in [0.25, 0.3) is 0 Å². The highest BCUT2D eigenvalue weighted by atomic mass is 19.1. The fourth-order valence-corrected chi connectivity index (χ4v) is 3.63. The normalized spacial score (nSPS) is 22.3. The first-order valence-corrected chi connectivity index (χ1v) is 9.13. The number of halogens is 1. The van der Waals surface area contributed by atoms with Gasteiger partial charge in [-0.3, -0.25) is 4.39 Å². The average molecular weight is 302 g/mol. The van der Waals surface area contributed by atoms with Crippen molar-refractivity contribution in [1.29, 1.82) is 0 Å². The molecule has 0 aromatic heterocycles. The molecule has 1 aromatic carbocycles. The molecular weight excluding hydrogens is 271 g/mol. The van der Waals surface area contributed by atoms with E-state index in [1.807, 2.05) is 6.08 Å². The van der Waals surface area contributed by atoms with Gasteiger partial charge < -0.3 is 0 Å². The molecule has 1 aliphatic rings. The molecule has 1 fully saturated rings. The molecule has 122 valence electrons. The molecule has 1 aliphatic carbocycles. The second-order valence-electron chi connectivity index (χ2n) is 6.69. The molecule has 0 aliphatic heterocycles. The smallest absolute Gasteiger partial charge is 0.0928 e. The van der Waals surface area contributed by atoms with Crippen LogP contribution in [-0.4, -0.2) is 6.67 Å². The SMILES string of the molecule is CCc1ccc([C@H]2CC[C@H](CCC/C=C/CCF)CC2)cc1. The van der Waals surface area contributed by atoms with Crippen molar-refractivity contribution in [2.24, 2.45) is 5.92 Å². The minimum absolute atomic E-state index is 0.222. The van der Waals surface area contributed by atoms with E-state index in [1.165, 1.54) is 44.1 Å². The van der Waals surface area contributed by atoms with E-state index in [1.54, 1.807) is 5.56 Å². The second kappa shape index (κ2) is 9.82. The van der Waals surface area contributed by atoms with Gasteiger partial charge in [0.2, 0.25) is 0 Å². The monoisotopic (exact) mass is 302 g/mol. The maximum Gasteiger partial charge on any atom is 0.0928 e. The molecule has 22 heavy (non-hydrogen) atoms. The number of rotatable bonds is 8. The van der Waals surface area contributed by atoms with Crippen LogP contribution in [0.5, 0.6) is 0 Å². The molecule has 0 radical (unpaired) electrons. The van der Waals surface area contributed by atoms with Gasteiger partial charge in [0.1, 0.15) is 0 Å². The van der Waals surface area contributed by atoms with Gasteiger partial charge in [-0.25, -0.2) is 0 Å². The third kappa shape index (κ3) is 5.59. The van der Waals surface area contributed by atoms with Crippen molar-refractivity contribution in [2.45, 2.75) is 70.6 Å². The molecule has 2 rings (SSSR count). The van der Waals surface area contributed by atoms with Crippen LogP contribution >= 0.6 is 0 Å². The minimum atomic E-state index is -0.222. The van der Waals surface area contributed by atoms with Crippen molar-refractivity contribution in [3.05, 3.63) is 47.5 Å². The standard InChI is InChI=1S/C21H31F/c1-2-18-9-13-20(14-10-18)21-15-11-19(12-16-21)8-6-4-3-5-7-17-22/h3,5,9-10,13-14,19,21H,2,4,6-8,11-12,15-17H2,1H3/b5-3+/t19-,21-. The predicted octanol–water partition coefficient (Wildman–Crippen LogP) is 6.61. The highest BCUT2D eigenvalue weighted by Gasteiger charge is 2.21. The van der Waals surface area contributed by atoms with E-state index in [0.29, 0.717) is 6.42 Å². The Bertz CT molecular complexity index is 424. The van der Waals surface area contributed by atoms with Crippen LogP contribution in [-0.2, 0) is 6.42 Å². The number of benzene rings is 1. The summed E-state index contributed by atoms with van der Waals surface area (Å²) in [6, 6.07) is 9.29. The van der Waals surface area contributed by atoms with Gasteiger partial charge in [-0.1, -0.05) is 49.8 Å². The molecule has 0 spiro atoms. The predicted molar refractivity (Wildman–Crippen MR) is 94.1 cm³/mol. The van der Waals surface area contributed by atoms with Crippen molar-refractivity contribution in [3.63, 3.8) is 0 Å². The van der Waals surface area contributed by atoms with Gasteiger partial charge in [-0.05, 0) is 74.3 Å². The van der Waals surface area contributed by atoms with Gasteiger partial charge in [0, 0.05) is 0 Å². The molecule has 1 heteroatoms. The summed E-state index contributed by atoms with van der Waals surface area (Å²) in [6.45, 7) is 1.99. The lowest BCUT2D eigenvalue weighted by Crippen LogP contribution is -2.13. The summed E-state index contributed by atoms with van der Waals surface area (Å²) < 4.78 is 12.0. The number of hydrogen-bond acceptors (Lipinski definition) is 0. The average Bonchev–Trinajstić information content (AvgIpc) is 2.59. The maximum atomic E-state index is 12.0. The highest BCUT2D eigenvalue weighted by molar-refractivity contribution is 5.25. The Hall–Kier alpha value is -1.11. The molecule has 1 aromatic rings. The summed E-state index contributed by atoms with van der Waals surface area (Å²) >= 11 is 0. The van der Waals surface area contributed by atoms with Gasteiger partial charge in [0.15, 0.2) is 0 Å². The van der Waals surface area contributed by atoms with Crippen LogP contribution in [0.1, 0.15) is 75.3 Å². The summed E-state index contributed by atoms with van der Waals surface area (Å²) in [6.07, 6.45) is 15.1. The van der Waals surface area contributed by atoms with Crippen molar-refractivity contribution in [2.75, 3.05) is 6.67 Å². The first-order valence-electron chi connectivity index (χ1n) is 9.13. The van der Waals surface area contributed by atoms with Gasteiger partial charge in [-0.15, -0.1) is 0 Å². The van der Waals surface area contributed by atoms with Crippen LogP contribution in [0.2, 0.25) is 0 Å².